The first-order valence-electron chi connectivity index (χ1n) is 11.8. The highest BCUT2D eigenvalue weighted by atomic mass is 79.9. The number of halogens is 1. The van der Waals surface area contributed by atoms with Gasteiger partial charge in [0.15, 0.2) is 0 Å². The van der Waals surface area contributed by atoms with Gasteiger partial charge in [-0.25, -0.2) is 0 Å². The number of aryl methyl sites for hydroxylation is 1. The Morgan fingerprint density at radius 1 is 1.03 bits per heavy atom. The SMILES string of the molecule is C=C(/C=C\C(=C)C(=C)/C(C=O)=C\C)Cn1c(C)c(C)c2cc(C(=C)NCc3ccc(Br)cc3)ccc21. The third-order valence-electron chi connectivity index (χ3n) is 6.46. The van der Waals surface area contributed by atoms with E-state index in [9.17, 15) is 4.79 Å². The smallest absolute Gasteiger partial charge is 0.150 e. The molecule has 0 aliphatic carbocycles. The second kappa shape index (κ2) is 11.9. The lowest BCUT2D eigenvalue weighted by Gasteiger charge is -2.12. The van der Waals surface area contributed by atoms with Crippen LogP contribution in [0.25, 0.3) is 16.6 Å². The second-order valence-corrected chi connectivity index (χ2v) is 9.76. The fourth-order valence-electron chi connectivity index (χ4n) is 4.03. The molecule has 0 spiro atoms. The third kappa shape index (κ3) is 6.13. The van der Waals surface area contributed by atoms with E-state index >= 15 is 0 Å². The molecule has 0 unspecified atom stereocenters. The van der Waals surface area contributed by atoms with Crippen molar-refractivity contribution in [2.75, 3.05) is 0 Å². The fraction of sp³-hybridized carbons (Fsp3) is 0.156. The Labute approximate surface area is 223 Å². The molecule has 1 aromatic heterocycles. The summed E-state index contributed by atoms with van der Waals surface area (Å²) in [5.74, 6) is 0. The van der Waals surface area contributed by atoms with Crippen molar-refractivity contribution in [3.05, 3.63) is 136 Å². The van der Waals surface area contributed by atoms with E-state index < -0.39 is 0 Å². The van der Waals surface area contributed by atoms with Crippen LogP contribution in [0.5, 0.6) is 0 Å². The van der Waals surface area contributed by atoms with Crippen LogP contribution < -0.4 is 5.32 Å². The zero-order valence-electron chi connectivity index (χ0n) is 21.3. The number of carbonyl (C=O) groups is 1. The maximum Gasteiger partial charge on any atom is 0.150 e. The molecule has 184 valence electrons. The van der Waals surface area contributed by atoms with Crippen LogP contribution in [0, 0.1) is 13.8 Å². The number of allylic oxidation sites excluding steroid dienone is 7. The Kier molecular flexibility index (Phi) is 8.89. The number of benzene rings is 2. The molecular formula is C32H33BrN2O. The van der Waals surface area contributed by atoms with Crippen LogP contribution in [0.4, 0.5) is 0 Å². The third-order valence-corrected chi connectivity index (χ3v) is 6.99. The molecule has 0 saturated heterocycles. The van der Waals surface area contributed by atoms with E-state index in [1.54, 1.807) is 6.08 Å². The van der Waals surface area contributed by atoms with Gasteiger partial charge in [-0.1, -0.05) is 78.7 Å². The van der Waals surface area contributed by atoms with Gasteiger partial charge in [-0.2, -0.15) is 0 Å². The first-order valence-corrected chi connectivity index (χ1v) is 12.6. The Balaban J connectivity index is 1.75. The molecule has 1 N–H and O–H groups in total. The molecule has 0 saturated carbocycles. The minimum Gasteiger partial charge on any atom is -0.381 e. The highest BCUT2D eigenvalue weighted by molar-refractivity contribution is 9.10. The van der Waals surface area contributed by atoms with Gasteiger partial charge in [0.05, 0.1) is 0 Å². The average Bonchev–Trinajstić information content (AvgIpc) is 3.11. The quantitative estimate of drug-likeness (QED) is 0.151. The molecule has 3 nitrogen and oxygen atoms in total. The molecular weight excluding hydrogens is 508 g/mol. The highest BCUT2D eigenvalue weighted by Gasteiger charge is 2.13. The highest BCUT2D eigenvalue weighted by Crippen LogP contribution is 2.29. The maximum atomic E-state index is 11.2. The Morgan fingerprint density at radius 2 is 1.72 bits per heavy atom. The standard InChI is InChI=1S/C32H33BrN2O/c1-8-28(20-36)23(4)22(3)10-9-21(2)19-35-26(7)24(5)31-17-29(13-16-32(31)35)25(6)34-18-27-11-14-30(33)15-12-27/h8-17,20,34H,2-4,6,18-19H2,1,5,7H3/b10-9-,28-8-. The molecule has 0 bridgehead atoms. The van der Waals surface area contributed by atoms with E-state index in [1.165, 1.54) is 22.2 Å². The summed E-state index contributed by atoms with van der Waals surface area (Å²) >= 11 is 3.48. The van der Waals surface area contributed by atoms with Crippen molar-refractivity contribution in [1.29, 1.82) is 0 Å². The van der Waals surface area contributed by atoms with Gasteiger partial charge >= 0.3 is 0 Å². The maximum absolute atomic E-state index is 11.2. The van der Waals surface area contributed by atoms with E-state index in [4.69, 9.17) is 0 Å². The minimum atomic E-state index is 0.543. The normalized spacial score (nSPS) is 11.6. The van der Waals surface area contributed by atoms with Crippen LogP contribution in [-0.2, 0) is 17.9 Å². The molecule has 0 aliphatic rings. The summed E-state index contributed by atoms with van der Waals surface area (Å²) in [5.41, 5.74) is 9.56. The summed E-state index contributed by atoms with van der Waals surface area (Å²) in [6.07, 6.45) is 6.34. The number of aldehydes is 1. The van der Waals surface area contributed by atoms with Crippen molar-refractivity contribution in [2.24, 2.45) is 0 Å². The molecule has 3 rings (SSSR count). The zero-order chi connectivity index (χ0) is 26.4. The van der Waals surface area contributed by atoms with Crippen LogP contribution in [0.2, 0.25) is 0 Å². The van der Waals surface area contributed by atoms with Crippen LogP contribution in [0.3, 0.4) is 0 Å². The van der Waals surface area contributed by atoms with Gasteiger partial charge in [0, 0.05) is 45.4 Å². The molecule has 36 heavy (non-hydrogen) atoms. The second-order valence-electron chi connectivity index (χ2n) is 8.84. The lowest BCUT2D eigenvalue weighted by Crippen LogP contribution is -2.10. The average molecular weight is 542 g/mol. The number of aromatic nitrogens is 1. The monoisotopic (exact) mass is 540 g/mol. The molecule has 3 aromatic rings. The molecule has 1 heterocycles. The summed E-state index contributed by atoms with van der Waals surface area (Å²) in [6, 6.07) is 14.7. The Bertz CT molecular complexity index is 1410. The molecule has 0 fully saturated rings. The van der Waals surface area contributed by atoms with Crippen molar-refractivity contribution in [2.45, 2.75) is 33.9 Å². The molecule has 0 aliphatic heterocycles. The predicted octanol–water partition coefficient (Wildman–Crippen LogP) is 8.15. The molecule has 0 atom stereocenters. The van der Waals surface area contributed by atoms with Gasteiger partial charge in [-0.15, -0.1) is 0 Å². The molecule has 4 heteroatoms. The number of rotatable bonds is 11. The summed E-state index contributed by atoms with van der Waals surface area (Å²) in [5, 5.41) is 4.65. The molecule has 0 radical (unpaired) electrons. The van der Waals surface area contributed by atoms with Crippen molar-refractivity contribution >= 4 is 38.8 Å². The van der Waals surface area contributed by atoms with Crippen molar-refractivity contribution in [1.82, 2.24) is 9.88 Å². The minimum absolute atomic E-state index is 0.543. The summed E-state index contributed by atoms with van der Waals surface area (Å²) < 4.78 is 3.35. The lowest BCUT2D eigenvalue weighted by atomic mass is 10.0. The number of fused-ring (bicyclic) bond motifs is 1. The number of nitrogens with one attached hydrogen (secondary N) is 1. The van der Waals surface area contributed by atoms with Crippen LogP contribution in [0.1, 0.15) is 29.3 Å². The van der Waals surface area contributed by atoms with Crippen molar-refractivity contribution < 1.29 is 4.79 Å². The van der Waals surface area contributed by atoms with Crippen LogP contribution in [0.15, 0.2) is 114 Å². The number of nitrogens with zero attached hydrogens (tertiary/aromatic N) is 1. The lowest BCUT2D eigenvalue weighted by molar-refractivity contribution is -0.104. The zero-order valence-corrected chi connectivity index (χ0v) is 22.9. The van der Waals surface area contributed by atoms with Gasteiger partial charge in [0.1, 0.15) is 6.29 Å². The molecule has 0 amide bonds. The number of hydrogen-bond donors (Lipinski definition) is 1. The van der Waals surface area contributed by atoms with E-state index in [-0.39, 0.29) is 0 Å². The van der Waals surface area contributed by atoms with E-state index in [0.29, 0.717) is 23.3 Å². The number of hydrogen-bond acceptors (Lipinski definition) is 2. The van der Waals surface area contributed by atoms with Crippen LogP contribution in [-0.4, -0.2) is 10.9 Å². The first-order chi connectivity index (χ1) is 17.2. The Hall–Kier alpha value is -3.63. The van der Waals surface area contributed by atoms with Gasteiger partial charge in [-0.05, 0) is 78.4 Å². The summed E-state index contributed by atoms with van der Waals surface area (Å²) in [4.78, 5) is 11.2. The van der Waals surface area contributed by atoms with Gasteiger partial charge in [0.2, 0.25) is 0 Å². The van der Waals surface area contributed by atoms with Crippen molar-refractivity contribution in [3.8, 4) is 0 Å². The van der Waals surface area contributed by atoms with E-state index in [2.05, 4.69) is 96.3 Å². The topological polar surface area (TPSA) is 34.0 Å². The first kappa shape index (κ1) is 27.0. The molecule has 2 aromatic carbocycles. The van der Waals surface area contributed by atoms with Crippen molar-refractivity contribution in [3.63, 3.8) is 0 Å². The van der Waals surface area contributed by atoms with E-state index in [0.717, 1.165) is 39.7 Å². The van der Waals surface area contributed by atoms with Gasteiger partial charge < -0.3 is 9.88 Å². The largest absolute Gasteiger partial charge is 0.381 e. The van der Waals surface area contributed by atoms with Gasteiger partial charge in [-0.3, -0.25) is 4.79 Å². The summed E-state index contributed by atoms with van der Waals surface area (Å²) in [6.45, 7) is 24.0. The van der Waals surface area contributed by atoms with Crippen LogP contribution >= 0.6 is 15.9 Å². The number of carbonyl (C=O) groups excluding carboxylic acids is 1. The predicted molar refractivity (Wildman–Crippen MR) is 158 cm³/mol. The van der Waals surface area contributed by atoms with E-state index in [1.807, 2.05) is 31.2 Å². The Morgan fingerprint density at radius 3 is 2.36 bits per heavy atom. The van der Waals surface area contributed by atoms with Gasteiger partial charge in [0.25, 0.3) is 0 Å². The fourth-order valence-corrected chi connectivity index (χ4v) is 4.29. The summed E-state index contributed by atoms with van der Waals surface area (Å²) in [7, 11) is 0.